The number of allylic oxidation sites excluding steroid dienone is 4. The van der Waals surface area contributed by atoms with Gasteiger partial charge in [-0.1, -0.05) is 32.4 Å². The summed E-state index contributed by atoms with van der Waals surface area (Å²) in [5, 5.41) is 0. The number of halogens is 1. The highest BCUT2D eigenvalue weighted by Crippen LogP contribution is 2.37. The molecule has 1 rings (SSSR count). The lowest BCUT2D eigenvalue weighted by atomic mass is 9.76. The van der Waals surface area contributed by atoms with Crippen LogP contribution in [-0.4, -0.2) is 0 Å². The van der Waals surface area contributed by atoms with Crippen LogP contribution in [0, 0.1) is 17.8 Å². The zero-order valence-corrected chi connectivity index (χ0v) is 8.19. The monoisotopic (exact) mass is 167 g/mol. The van der Waals surface area contributed by atoms with Gasteiger partial charge in [-0.2, -0.15) is 0 Å². The number of hydrogen-bond donors (Lipinski definition) is 0. The van der Waals surface area contributed by atoms with Gasteiger partial charge in [-0.25, -0.2) is 4.39 Å². The molecule has 0 aromatic carbocycles. The normalized spacial score (nSPS) is 24.9. The van der Waals surface area contributed by atoms with Gasteiger partial charge < -0.3 is 0 Å². The molecule has 0 bridgehead atoms. The van der Waals surface area contributed by atoms with E-state index in [0.717, 1.165) is 5.57 Å². The van der Waals surface area contributed by atoms with Crippen LogP contribution >= 0.6 is 0 Å². The molecular formula is C11H16F. The molecule has 0 fully saturated rings. The Balaban J connectivity index is 2.82. The van der Waals surface area contributed by atoms with E-state index < -0.39 is 0 Å². The third-order valence-corrected chi connectivity index (χ3v) is 2.15. The molecule has 12 heavy (non-hydrogen) atoms. The van der Waals surface area contributed by atoms with Crippen LogP contribution in [0.1, 0.15) is 27.7 Å². The lowest BCUT2D eigenvalue weighted by Gasteiger charge is -2.30. The standard InChI is InChI=1S/C11H16F/c1-8-5-6-9(10(12)7-8)11(2,3)4/h5-7,9H,1-4H3. The lowest BCUT2D eigenvalue weighted by molar-refractivity contribution is 0.277. The topological polar surface area (TPSA) is 0 Å². The zero-order chi connectivity index (χ0) is 9.35. The Morgan fingerprint density at radius 1 is 1.33 bits per heavy atom. The molecular weight excluding hydrogens is 151 g/mol. The van der Waals surface area contributed by atoms with Crippen molar-refractivity contribution in [1.82, 2.24) is 0 Å². The van der Waals surface area contributed by atoms with Crippen LogP contribution in [-0.2, 0) is 0 Å². The second kappa shape index (κ2) is 3.04. The van der Waals surface area contributed by atoms with Crippen LogP contribution in [0.2, 0.25) is 0 Å². The van der Waals surface area contributed by atoms with Crippen molar-refractivity contribution in [3.8, 4) is 0 Å². The van der Waals surface area contributed by atoms with E-state index in [4.69, 9.17) is 0 Å². The van der Waals surface area contributed by atoms with Gasteiger partial charge in [-0.05, 0) is 24.8 Å². The molecule has 0 aliphatic heterocycles. The summed E-state index contributed by atoms with van der Waals surface area (Å²) in [6.45, 7) is 8.07. The molecule has 0 aromatic rings. The fraction of sp³-hybridized carbons (Fsp3) is 0.545. The van der Waals surface area contributed by atoms with Crippen molar-refractivity contribution in [2.45, 2.75) is 27.7 Å². The van der Waals surface area contributed by atoms with Gasteiger partial charge in [0.1, 0.15) is 5.83 Å². The molecule has 0 saturated carbocycles. The Labute approximate surface area is 74.2 Å². The first-order valence-corrected chi connectivity index (χ1v) is 4.30. The SMILES string of the molecule is CC1=C[CH]C(C(C)(C)C)C(F)=C1. The molecule has 0 nitrogen and oxygen atoms in total. The van der Waals surface area contributed by atoms with Gasteiger partial charge in [0.05, 0.1) is 0 Å². The molecule has 1 unspecified atom stereocenters. The van der Waals surface area contributed by atoms with E-state index in [0.29, 0.717) is 0 Å². The Morgan fingerprint density at radius 2 is 1.92 bits per heavy atom. The maximum Gasteiger partial charge on any atom is 0.104 e. The minimum atomic E-state index is -0.0544. The highest BCUT2D eigenvalue weighted by molar-refractivity contribution is 5.31. The van der Waals surface area contributed by atoms with Gasteiger partial charge in [0, 0.05) is 5.92 Å². The summed E-state index contributed by atoms with van der Waals surface area (Å²) < 4.78 is 13.4. The summed E-state index contributed by atoms with van der Waals surface area (Å²) in [7, 11) is 0. The van der Waals surface area contributed by atoms with Gasteiger partial charge in [0.25, 0.3) is 0 Å². The smallest absolute Gasteiger partial charge is 0.104 e. The summed E-state index contributed by atoms with van der Waals surface area (Å²) >= 11 is 0. The minimum Gasteiger partial charge on any atom is -0.211 e. The third-order valence-electron chi connectivity index (χ3n) is 2.15. The van der Waals surface area contributed by atoms with E-state index in [-0.39, 0.29) is 17.2 Å². The highest BCUT2D eigenvalue weighted by Gasteiger charge is 2.29. The summed E-state index contributed by atoms with van der Waals surface area (Å²) in [5.41, 5.74) is 0.977. The van der Waals surface area contributed by atoms with Gasteiger partial charge >= 0.3 is 0 Å². The van der Waals surface area contributed by atoms with Crippen molar-refractivity contribution >= 4 is 0 Å². The Hall–Kier alpha value is -0.590. The van der Waals surface area contributed by atoms with Gasteiger partial charge in [0.2, 0.25) is 0 Å². The molecule has 0 amide bonds. The quantitative estimate of drug-likeness (QED) is 0.516. The predicted octanol–water partition coefficient (Wildman–Crippen LogP) is 3.67. The molecule has 0 heterocycles. The van der Waals surface area contributed by atoms with Crippen molar-refractivity contribution in [2.24, 2.45) is 11.3 Å². The van der Waals surface area contributed by atoms with Crippen LogP contribution in [0.5, 0.6) is 0 Å². The second-order valence-electron chi connectivity index (χ2n) is 4.48. The van der Waals surface area contributed by atoms with Crippen LogP contribution in [0.4, 0.5) is 4.39 Å². The maximum absolute atomic E-state index is 13.4. The first kappa shape index (κ1) is 9.50. The second-order valence-corrected chi connectivity index (χ2v) is 4.48. The molecule has 1 aliphatic carbocycles. The van der Waals surface area contributed by atoms with Crippen molar-refractivity contribution in [3.05, 3.63) is 30.0 Å². The van der Waals surface area contributed by atoms with E-state index in [2.05, 4.69) is 20.8 Å². The molecule has 1 aliphatic rings. The molecule has 0 spiro atoms. The molecule has 1 heteroatoms. The summed E-state index contributed by atoms with van der Waals surface area (Å²) in [4.78, 5) is 0. The number of rotatable bonds is 0. The zero-order valence-electron chi connectivity index (χ0n) is 8.19. The fourth-order valence-corrected chi connectivity index (χ4v) is 1.40. The summed E-state index contributed by atoms with van der Waals surface area (Å²) in [6, 6.07) is 0. The molecule has 1 radical (unpaired) electrons. The molecule has 1 atom stereocenters. The van der Waals surface area contributed by atoms with E-state index in [1.54, 1.807) is 6.08 Å². The Bertz CT molecular complexity index is 228. The van der Waals surface area contributed by atoms with E-state index in [1.165, 1.54) is 0 Å². The lowest BCUT2D eigenvalue weighted by Crippen LogP contribution is -2.22. The first-order chi connectivity index (χ1) is 5.41. The molecule has 0 N–H and O–H groups in total. The molecule has 0 saturated heterocycles. The van der Waals surface area contributed by atoms with Crippen molar-refractivity contribution < 1.29 is 4.39 Å². The van der Waals surface area contributed by atoms with E-state index in [1.807, 2.05) is 19.4 Å². The van der Waals surface area contributed by atoms with Gasteiger partial charge in [-0.15, -0.1) is 0 Å². The summed E-state index contributed by atoms with van der Waals surface area (Å²) in [6.07, 6.45) is 5.56. The predicted molar refractivity (Wildman–Crippen MR) is 50.2 cm³/mol. The third kappa shape index (κ3) is 1.96. The minimum absolute atomic E-state index is 0.0116. The largest absolute Gasteiger partial charge is 0.211 e. The Morgan fingerprint density at radius 3 is 2.33 bits per heavy atom. The summed E-state index contributed by atoms with van der Waals surface area (Å²) in [5.74, 6) is -0.0660. The number of hydrogen-bond acceptors (Lipinski definition) is 0. The highest BCUT2D eigenvalue weighted by atomic mass is 19.1. The van der Waals surface area contributed by atoms with Crippen LogP contribution in [0.25, 0.3) is 0 Å². The first-order valence-electron chi connectivity index (χ1n) is 4.30. The molecule has 0 aromatic heterocycles. The fourth-order valence-electron chi connectivity index (χ4n) is 1.40. The van der Waals surface area contributed by atoms with E-state index in [9.17, 15) is 4.39 Å². The van der Waals surface area contributed by atoms with Gasteiger partial charge in [-0.3, -0.25) is 0 Å². The van der Waals surface area contributed by atoms with Crippen molar-refractivity contribution in [2.75, 3.05) is 0 Å². The molecule has 67 valence electrons. The maximum atomic E-state index is 13.4. The van der Waals surface area contributed by atoms with Gasteiger partial charge in [0.15, 0.2) is 0 Å². The van der Waals surface area contributed by atoms with Crippen LogP contribution in [0.15, 0.2) is 23.6 Å². The van der Waals surface area contributed by atoms with Crippen LogP contribution < -0.4 is 0 Å². The van der Waals surface area contributed by atoms with Crippen LogP contribution in [0.3, 0.4) is 0 Å². The van der Waals surface area contributed by atoms with Crippen molar-refractivity contribution in [3.63, 3.8) is 0 Å². The Kier molecular flexibility index (Phi) is 2.41. The average molecular weight is 167 g/mol. The van der Waals surface area contributed by atoms with E-state index >= 15 is 0 Å². The van der Waals surface area contributed by atoms with Crippen molar-refractivity contribution in [1.29, 1.82) is 0 Å². The average Bonchev–Trinajstić information content (AvgIpc) is 1.83.